The van der Waals surface area contributed by atoms with Gasteiger partial charge in [-0.2, -0.15) is 0 Å². The lowest BCUT2D eigenvalue weighted by molar-refractivity contribution is 0.102. The van der Waals surface area contributed by atoms with E-state index in [2.05, 4.69) is 10.0 Å². The van der Waals surface area contributed by atoms with Crippen molar-refractivity contribution in [1.29, 1.82) is 0 Å². The number of rotatable bonds is 6. The minimum atomic E-state index is -4.00. The molecule has 0 saturated carbocycles. The molecule has 31 heavy (non-hydrogen) atoms. The van der Waals surface area contributed by atoms with Crippen LogP contribution in [0.15, 0.2) is 59.5 Å². The Labute approximate surface area is 186 Å². The molecule has 162 valence electrons. The van der Waals surface area contributed by atoms with Gasteiger partial charge in [0.05, 0.1) is 10.5 Å². The van der Waals surface area contributed by atoms with Gasteiger partial charge in [-0.15, -0.1) is 0 Å². The fraction of sp³-hybridized carbons (Fsp3) is 0.174. The van der Waals surface area contributed by atoms with E-state index in [1.54, 1.807) is 24.3 Å². The van der Waals surface area contributed by atoms with Crippen molar-refractivity contribution in [2.45, 2.75) is 32.2 Å². The molecule has 0 aromatic heterocycles. The van der Waals surface area contributed by atoms with Crippen LogP contribution in [0.3, 0.4) is 0 Å². The first-order valence-corrected chi connectivity index (χ1v) is 11.4. The molecular weight excluding hydrogens is 439 g/mol. The Bertz CT molecular complexity index is 1240. The minimum absolute atomic E-state index is 0.0390. The molecule has 0 unspecified atom stereocenters. The Hall–Kier alpha value is -2.74. The minimum Gasteiger partial charge on any atom is -0.321 e. The van der Waals surface area contributed by atoms with E-state index >= 15 is 0 Å². The van der Waals surface area contributed by atoms with Crippen molar-refractivity contribution in [3.05, 3.63) is 93.3 Å². The van der Waals surface area contributed by atoms with Crippen LogP contribution in [-0.2, 0) is 16.6 Å². The molecule has 0 heterocycles. The van der Waals surface area contributed by atoms with Crippen LogP contribution in [0.1, 0.15) is 32.6 Å². The molecule has 3 aromatic carbocycles. The highest BCUT2D eigenvalue weighted by Gasteiger charge is 2.20. The molecule has 2 N–H and O–H groups in total. The first-order chi connectivity index (χ1) is 14.6. The Morgan fingerprint density at radius 3 is 2.29 bits per heavy atom. The van der Waals surface area contributed by atoms with Crippen molar-refractivity contribution >= 4 is 33.2 Å². The second-order valence-electron chi connectivity index (χ2n) is 7.29. The van der Waals surface area contributed by atoms with E-state index in [0.29, 0.717) is 16.3 Å². The third-order valence-electron chi connectivity index (χ3n) is 4.82. The Morgan fingerprint density at radius 1 is 1.00 bits per heavy atom. The average Bonchev–Trinajstić information content (AvgIpc) is 2.70. The van der Waals surface area contributed by atoms with Crippen molar-refractivity contribution in [1.82, 2.24) is 4.72 Å². The Balaban J connectivity index is 1.85. The number of hydrogen-bond donors (Lipinski definition) is 2. The molecule has 8 heteroatoms. The average molecular weight is 461 g/mol. The summed E-state index contributed by atoms with van der Waals surface area (Å²) in [5.74, 6) is -1.54. The summed E-state index contributed by atoms with van der Waals surface area (Å²) in [6.07, 6.45) is 0. The maximum atomic E-state index is 14.4. The zero-order valence-corrected chi connectivity index (χ0v) is 18.9. The topological polar surface area (TPSA) is 75.3 Å². The van der Waals surface area contributed by atoms with Gasteiger partial charge in [-0.3, -0.25) is 4.79 Å². The second kappa shape index (κ2) is 9.18. The van der Waals surface area contributed by atoms with Gasteiger partial charge in [0.25, 0.3) is 5.91 Å². The van der Waals surface area contributed by atoms with E-state index in [0.717, 1.165) is 34.9 Å². The standard InChI is InChI=1S/C23H22ClFN2O3S/c1-14-10-15(2)22(16(3)11-14)27-23(28)19-12-18(8-9-21(19)25)31(29,30)26-13-17-6-4-5-7-20(17)24/h4-12,26H,13H2,1-3H3,(H,27,28). The first-order valence-electron chi connectivity index (χ1n) is 9.50. The third-order valence-corrected chi connectivity index (χ3v) is 6.59. The lowest BCUT2D eigenvalue weighted by atomic mass is 10.0. The van der Waals surface area contributed by atoms with Crippen LogP contribution in [0.25, 0.3) is 0 Å². The number of halogens is 2. The van der Waals surface area contributed by atoms with Gasteiger partial charge in [-0.1, -0.05) is 47.5 Å². The highest BCUT2D eigenvalue weighted by atomic mass is 35.5. The van der Waals surface area contributed by atoms with Crippen LogP contribution in [0.2, 0.25) is 5.02 Å². The summed E-state index contributed by atoms with van der Waals surface area (Å²) in [6.45, 7) is 5.58. The first kappa shape index (κ1) is 22.9. The highest BCUT2D eigenvalue weighted by molar-refractivity contribution is 7.89. The smallest absolute Gasteiger partial charge is 0.258 e. The molecule has 0 radical (unpaired) electrons. The second-order valence-corrected chi connectivity index (χ2v) is 9.46. The van der Waals surface area contributed by atoms with Gasteiger partial charge in [0.1, 0.15) is 5.82 Å². The highest BCUT2D eigenvalue weighted by Crippen LogP contribution is 2.24. The molecule has 0 aliphatic carbocycles. The van der Waals surface area contributed by atoms with Crippen LogP contribution < -0.4 is 10.0 Å². The van der Waals surface area contributed by atoms with Crippen LogP contribution >= 0.6 is 11.6 Å². The molecule has 0 bridgehead atoms. The predicted molar refractivity (Wildman–Crippen MR) is 120 cm³/mol. The summed E-state index contributed by atoms with van der Waals surface area (Å²) in [7, 11) is -4.00. The Morgan fingerprint density at radius 2 is 1.65 bits per heavy atom. The largest absolute Gasteiger partial charge is 0.321 e. The summed E-state index contributed by atoms with van der Waals surface area (Å²) >= 11 is 6.06. The van der Waals surface area contributed by atoms with E-state index in [-0.39, 0.29) is 17.0 Å². The van der Waals surface area contributed by atoms with Crippen LogP contribution in [0.4, 0.5) is 10.1 Å². The molecule has 3 rings (SSSR count). The number of benzene rings is 3. The van der Waals surface area contributed by atoms with E-state index in [9.17, 15) is 17.6 Å². The fourth-order valence-corrected chi connectivity index (χ4v) is 4.54. The van der Waals surface area contributed by atoms with Gasteiger partial charge >= 0.3 is 0 Å². The SMILES string of the molecule is Cc1cc(C)c(NC(=O)c2cc(S(=O)(=O)NCc3ccccc3Cl)ccc2F)c(C)c1. The van der Waals surface area contributed by atoms with Crippen molar-refractivity contribution in [2.75, 3.05) is 5.32 Å². The van der Waals surface area contributed by atoms with E-state index in [4.69, 9.17) is 11.6 Å². The van der Waals surface area contributed by atoms with Crippen LogP contribution in [-0.4, -0.2) is 14.3 Å². The number of carbonyl (C=O) groups is 1. The molecular formula is C23H22ClFN2O3S. The van der Waals surface area contributed by atoms with Gasteiger partial charge in [0, 0.05) is 17.3 Å². The third kappa shape index (κ3) is 5.31. The normalized spacial score (nSPS) is 11.4. The summed E-state index contributed by atoms with van der Waals surface area (Å²) in [5, 5.41) is 3.12. The quantitative estimate of drug-likeness (QED) is 0.535. The predicted octanol–water partition coefficient (Wildman–Crippen LogP) is 5.14. The number of anilines is 1. The molecule has 0 aliphatic rings. The summed E-state index contributed by atoms with van der Waals surface area (Å²) < 4.78 is 42.2. The van der Waals surface area contributed by atoms with Gasteiger partial charge < -0.3 is 5.32 Å². The molecule has 5 nitrogen and oxygen atoms in total. The van der Waals surface area contributed by atoms with Crippen molar-refractivity contribution in [2.24, 2.45) is 0 Å². The Kier molecular flexibility index (Phi) is 6.79. The van der Waals surface area contributed by atoms with Crippen molar-refractivity contribution in [3.8, 4) is 0 Å². The summed E-state index contributed by atoms with van der Waals surface area (Å²) in [4.78, 5) is 12.5. The van der Waals surface area contributed by atoms with Gasteiger partial charge in [-0.25, -0.2) is 17.5 Å². The number of amides is 1. The van der Waals surface area contributed by atoms with E-state index in [1.165, 1.54) is 0 Å². The lowest BCUT2D eigenvalue weighted by Crippen LogP contribution is -2.24. The summed E-state index contributed by atoms with van der Waals surface area (Å²) in [5.41, 5.74) is 3.50. The number of aryl methyl sites for hydroxylation is 3. The molecule has 0 aliphatic heterocycles. The van der Waals surface area contributed by atoms with E-state index < -0.39 is 21.7 Å². The van der Waals surface area contributed by atoms with E-state index in [1.807, 2.05) is 32.9 Å². The fourth-order valence-electron chi connectivity index (χ4n) is 3.30. The maximum Gasteiger partial charge on any atom is 0.258 e. The van der Waals surface area contributed by atoms with Gasteiger partial charge in [0.2, 0.25) is 10.0 Å². The summed E-state index contributed by atoms with van der Waals surface area (Å²) in [6, 6.07) is 13.7. The molecule has 0 saturated heterocycles. The lowest BCUT2D eigenvalue weighted by Gasteiger charge is -2.14. The monoisotopic (exact) mass is 460 g/mol. The van der Waals surface area contributed by atoms with Gasteiger partial charge in [0.15, 0.2) is 0 Å². The number of carbonyl (C=O) groups excluding carboxylic acids is 1. The van der Waals surface area contributed by atoms with Crippen molar-refractivity contribution in [3.63, 3.8) is 0 Å². The number of sulfonamides is 1. The zero-order chi connectivity index (χ0) is 22.8. The van der Waals surface area contributed by atoms with Crippen molar-refractivity contribution < 1.29 is 17.6 Å². The number of hydrogen-bond acceptors (Lipinski definition) is 3. The maximum absolute atomic E-state index is 14.4. The molecule has 0 fully saturated rings. The van der Waals surface area contributed by atoms with Crippen LogP contribution in [0.5, 0.6) is 0 Å². The molecule has 3 aromatic rings. The molecule has 0 spiro atoms. The molecule has 0 atom stereocenters. The van der Waals surface area contributed by atoms with Gasteiger partial charge in [-0.05, 0) is 61.7 Å². The van der Waals surface area contributed by atoms with Crippen LogP contribution in [0, 0.1) is 26.6 Å². The number of nitrogens with one attached hydrogen (secondary N) is 2. The zero-order valence-electron chi connectivity index (χ0n) is 17.3. The molecule has 1 amide bonds.